The normalized spacial score (nSPS) is 23.1. The first kappa shape index (κ1) is 14.9. The summed E-state index contributed by atoms with van der Waals surface area (Å²) in [5, 5.41) is 13.1. The molecular weight excluding hydrogens is 212 g/mol. The molecule has 0 saturated carbocycles. The van der Waals surface area contributed by atoms with E-state index >= 15 is 0 Å². The molecule has 1 unspecified atom stereocenters. The maximum Gasteiger partial charge on any atom is 0.0679 e. The lowest BCUT2D eigenvalue weighted by molar-refractivity contribution is 0.176. The van der Waals surface area contributed by atoms with Gasteiger partial charge in [0.15, 0.2) is 0 Å². The van der Waals surface area contributed by atoms with Crippen molar-refractivity contribution in [2.75, 3.05) is 26.2 Å². The van der Waals surface area contributed by atoms with Gasteiger partial charge in [-0.15, -0.1) is 0 Å². The quantitative estimate of drug-likeness (QED) is 0.607. The van der Waals surface area contributed by atoms with E-state index in [9.17, 15) is 5.11 Å². The SMILES string of the molecule is CCCCCC(CC)NCCN1CC[C@@H](O)C1. The van der Waals surface area contributed by atoms with Gasteiger partial charge in [-0.3, -0.25) is 4.90 Å². The molecule has 17 heavy (non-hydrogen) atoms. The van der Waals surface area contributed by atoms with E-state index in [0.29, 0.717) is 6.04 Å². The van der Waals surface area contributed by atoms with Crippen LogP contribution in [0.4, 0.5) is 0 Å². The molecule has 0 bridgehead atoms. The topological polar surface area (TPSA) is 35.5 Å². The molecule has 102 valence electrons. The van der Waals surface area contributed by atoms with Crippen molar-refractivity contribution in [2.45, 2.75) is 64.5 Å². The highest BCUT2D eigenvalue weighted by atomic mass is 16.3. The Kier molecular flexibility index (Phi) is 7.82. The van der Waals surface area contributed by atoms with Crippen LogP contribution in [-0.2, 0) is 0 Å². The molecule has 2 N–H and O–H groups in total. The fourth-order valence-corrected chi connectivity index (χ4v) is 2.53. The van der Waals surface area contributed by atoms with Gasteiger partial charge in [0, 0.05) is 32.2 Å². The third-order valence-corrected chi connectivity index (χ3v) is 3.76. The van der Waals surface area contributed by atoms with Crippen LogP contribution in [0.5, 0.6) is 0 Å². The van der Waals surface area contributed by atoms with Gasteiger partial charge >= 0.3 is 0 Å². The number of rotatable bonds is 9. The highest BCUT2D eigenvalue weighted by Crippen LogP contribution is 2.08. The maximum atomic E-state index is 9.44. The van der Waals surface area contributed by atoms with Gasteiger partial charge in [-0.05, 0) is 19.3 Å². The van der Waals surface area contributed by atoms with E-state index in [1.165, 1.54) is 32.1 Å². The predicted octanol–water partition coefficient (Wildman–Crippen LogP) is 2.00. The van der Waals surface area contributed by atoms with E-state index in [1.807, 2.05) is 0 Å². The second-order valence-corrected chi connectivity index (χ2v) is 5.30. The lowest BCUT2D eigenvalue weighted by Gasteiger charge is -2.20. The van der Waals surface area contributed by atoms with E-state index in [1.54, 1.807) is 0 Å². The Bertz CT molecular complexity index is 187. The molecule has 1 aliphatic rings. The van der Waals surface area contributed by atoms with Crippen molar-refractivity contribution in [2.24, 2.45) is 0 Å². The Morgan fingerprint density at radius 2 is 2.18 bits per heavy atom. The van der Waals surface area contributed by atoms with Crippen LogP contribution >= 0.6 is 0 Å². The third kappa shape index (κ3) is 6.39. The van der Waals surface area contributed by atoms with E-state index in [4.69, 9.17) is 0 Å². The molecule has 1 saturated heterocycles. The number of likely N-dealkylation sites (tertiary alicyclic amines) is 1. The first-order chi connectivity index (χ1) is 8.26. The van der Waals surface area contributed by atoms with Gasteiger partial charge in [-0.25, -0.2) is 0 Å². The van der Waals surface area contributed by atoms with Gasteiger partial charge in [-0.1, -0.05) is 33.1 Å². The number of aliphatic hydroxyl groups is 1. The number of hydrogen-bond acceptors (Lipinski definition) is 3. The van der Waals surface area contributed by atoms with Crippen LogP contribution in [0, 0.1) is 0 Å². The molecule has 0 aromatic carbocycles. The van der Waals surface area contributed by atoms with Gasteiger partial charge in [-0.2, -0.15) is 0 Å². The van der Waals surface area contributed by atoms with Crippen molar-refractivity contribution in [1.29, 1.82) is 0 Å². The van der Waals surface area contributed by atoms with E-state index in [-0.39, 0.29) is 6.10 Å². The van der Waals surface area contributed by atoms with Crippen molar-refractivity contribution >= 4 is 0 Å². The smallest absolute Gasteiger partial charge is 0.0679 e. The van der Waals surface area contributed by atoms with Crippen molar-refractivity contribution in [1.82, 2.24) is 10.2 Å². The number of nitrogens with zero attached hydrogens (tertiary/aromatic N) is 1. The first-order valence-electron chi connectivity index (χ1n) is 7.40. The van der Waals surface area contributed by atoms with Gasteiger partial charge in [0.2, 0.25) is 0 Å². The molecule has 1 fully saturated rings. The van der Waals surface area contributed by atoms with Crippen molar-refractivity contribution in [3.05, 3.63) is 0 Å². The third-order valence-electron chi connectivity index (χ3n) is 3.76. The summed E-state index contributed by atoms with van der Waals surface area (Å²) in [5.74, 6) is 0. The summed E-state index contributed by atoms with van der Waals surface area (Å²) in [6, 6.07) is 0.689. The fraction of sp³-hybridized carbons (Fsp3) is 1.00. The van der Waals surface area contributed by atoms with Gasteiger partial charge < -0.3 is 10.4 Å². The van der Waals surface area contributed by atoms with Crippen LogP contribution in [0.3, 0.4) is 0 Å². The number of unbranched alkanes of at least 4 members (excludes halogenated alkanes) is 2. The molecule has 2 atom stereocenters. The average Bonchev–Trinajstić information content (AvgIpc) is 2.73. The minimum absolute atomic E-state index is 0.0819. The molecule has 3 heteroatoms. The number of hydrogen-bond donors (Lipinski definition) is 2. The first-order valence-corrected chi connectivity index (χ1v) is 7.40. The van der Waals surface area contributed by atoms with Gasteiger partial charge in [0.05, 0.1) is 6.10 Å². The highest BCUT2D eigenvalue weighted by molar-refractivity contribution is 4.75. The Labute approximate surface area is 107 Å². The van der Waals surface area contributed by atoms with E-state index in [2.05, 4.69) is 24.1 Å². The summed E-state index contributed by atoms with van der Waals surface area (Å²) in [5.41, 5.74) is 0. The minimum atomic E-state index is -0.0819. The van der Waals surface area contributed by atoms with Crippen LogP contribution in [0.15, 0.2) is 0 Å². The van der Waals surface area contributed by atoms with Crippen LogP contribution in [0.25, 0.3) is 0 Å². The molecule has 0 aromatic heterocycles. The van der Waals surface area contributed by atoms with Crippen LogP contribution in [0.1, 0.15) is 52.4 Å². The van der Waals surface area contributed by atoms with Crippen LogP contribution in [0.2, 0.25) is 0 Å². The molecule has 0 aromatic rings. The largest absolute Gasteiger partial charge is 0.392 e. The van der Waals surface area contributed by atoms with E-state index < -0.39 is 0 Å². The monoisotopic (exact) mass is 242 g/mol. The predicted molar refractivity (Wildman–Crippen MR) is 73.3 cm³/mol. The summed E-state index contributed by atoms with van der Waals surface area (Å²) >= 11 is 0. The highest BCUT2D eigenvalue weighted by Gasteiger charge is 2.19. The van der Waals surface area contributed by atoms with Crippen molar-refractivity contribution in [3.63, 3.8) is 0 Å². The number of β-amino-alcohol motifs (C(OH)–C–C–N with tert-alkyl or cyclic N) is 1. The number of aliphatic hydroxyl groups excluding tert-OH is 1. The summed E-state index contributed by atoms with van der Waals surface area (Å²) in [4.78, 5) is 2.36. The van der Waals surface area contributed by atoms with Crippen molar-refractivity contribution < 1.29 is 5.11 Å². The molecule has 0 spiro atoms. The zero-order valence-corrected chi connectivity index (χ0v) is 11.6. The minimum Gasteiger partial charge on any atom is -0.392 e. The lowest BCUT2D eigenvalue weighted by atomic mass is 10.1. The molecule has 1 heterocycles. The van der Waals surface area contributed by atoms with E-state index in [0.717, 1.165) is 32.6 Å². The van der Waals surface area contributed by atoms with Crippen LogP contribution < -0.4 is 5.32 Å². The lowest BCUT2D eigenvalue weighted by Crippen LogP contribution is -2.36. The van der Waals surface area contributed by atoms with Crippen LogP contribution in [-0.4, -0.2) is 48.3 Å². The molecule has 0 amide bonds. The molecule has 3 nitrogen and oxygen atoms in total. The Morgan fingerprint density at radius 1 is 1.35 bits per heavy atom. The fourth-order valence-electron chi connectivity index (χ4n) is 2.53. The molecule has 1 rings (SSSR count). The molecule has 1 aliphatic heterocycles. The Balaban J connectivity index is 2.02. The second kappa shape index (κ2) is 8.90. The summed E-state index contributed by atoms with van der Waals surface area (Å²) in [6.07, 6.45) is 7.43. The molecule has 0 radical (unpaired) electrons. The van der Waals surface area contributed by atoms with Crippen molar-refractivity contribution in [3.8, 4) is 0 Å². The van der Waals surface area contributed by atoms with Gasteiger partial charge in [0.25, 0.3) is 0 Å². The van der Waals surface area contributed by atoms with Gasteiger partial charge in [0.1, 0.15) is 0 Å². The zero-order chi connectivity index (χ0) is 12.5. The average molecular weight is 242 g/mol. The second-order valence-electron chi connectivity index (χ2n) is 5.30. The maximum absolute atomic E-state index is 9.44. The standard InChI is InChI=1S/C14H30N2O/c1-3-5-6-7-13(4-2)15-9-11-16-10-8-14(17)12-16/h13-15,17H,3-12H2,1-2H3/t13?,14-/m1/s1. The Morgan fingerprint density at radius 3 is 2.76 bits per heavy atom. The zero-order valence-electron chi connectivity index (χ0n) is 11.6. The molecule has 0 aliphatic carbocycles. The summed E-state index contributed by atoms with van der Waals surface area (Å²) < 4.78 is 0. The Hall–Kier alpha value is -0.120. The summed E-state index contributed by atoms with van der Waals surface area (Å²) in [6.45, 7) is 8.61. The molecular formula is C14H30N2O. The number of nitrogens with one attached hydrogen (secondary N) is 1. The summed E-state index contributed by atoms with van der Waals surface area (Å²) in [7, 11) is 0.